The Morgan fingerprint density at radius 2 is 1.89 bits per heavy atom. The summed E-state index contributed by atoms with van der Waals surface area (Å²) in [5.74, 6) is 0. The summed E-state index contributed by atoms with van der Waals surface area (Å²) in [4.78, 5) is 8.02. The van der Waals surface area contributed by atoms with Crippen molar-refractivity contribution in [1.82, 2.24) is 14.7 Å². The Kier molecular flexibility index (Phi) is 5.05. The summed E-state index contributed by atoms with van der Waals surface area (Å²) in [7, 11) is 0. The molecule has 0 spiro atoms. The minimum absolute atomic E-state index is 0.695. The molecule has 0 aromatic heterocycles. The molecule has 0 aliphatic carbocycles. The third-order valence-electron chi connectivity index (χ3n) is 4.82. The molecule has 3 heteroatoms. The molecule has 0 aromatic carbocycles. The molecule has 0 N–H and O–H groups in total. The van der Waals surface area contributed by atoms with E-state index in [9.17, 15) is 0 Å². The van der Waals surface area contributed by atoms with Gasteiger partial charge in [-0.25, -0.2) is 0 Å². The molecule has 0 radical (unpaired) electrons. The second kappa shape index (κ2) is 6.36. The third kappa shape index (κ3) is 3.25. The van der Waals surface area contributed by atoms with Crippen LogP contribution in [0.25, 0.3) is 0 Å². The molecule has 0 aromatic rings. The van der Waals surface area contributed by atoms with Crippen molar-refractivity contribution < 1.29 is 0 Å². The average molecular weight is 253 g/mol. The number of rotatable bonds is 3. The first kappa shape index (κ1) is 14.3. The number of piperidine rings is 1. The number of hydrogen-bond donors (Lipinski definition) is 0. The van der Waals surface area contributed by atoms with Gasteiger partial charge in [-0.3, -0.25) is 9.80 Å². The molecule has 2 saturated heterocycles. The summed E-state index contributed by atoms with van der Waals surface area (Å²) in [6.07, 6.45) is 2.79. The van der Waals surface area contributed by atoms with Crippen LogP contribution in [0.3, 0.4) is 0 Å². The van der Waals surface area contributed by atoms with E-state index >= 15 is 0 Å². The van der Waals surface area contributed by atoms with E-state index in [4.69, 9.17) is 0 Å². The van der Waals surface area contributed by atoms with E-state index < -0.39 is 0 Å². The smallest absolute Gasteiger partial charge is 0.0224 e. The van der Waals surface area contributed by atoms with Gasteiger partial charge in [-0.15, -0.1) is 0 Å². The molecule has 3 nitrogen and oxygen atoms in total. The van der Waals surface area contributed by atoms with Crippen LogP contribution in [-0.2, 0) is 0 Å². The Labute approximate surface area is 113 Å². The molecular weight excluding hydrogens is 222 g/mol. The van der Waals surface area contributed by atoms with Gasteiger partial charge in [-0.2, -0.15) is 0 Å². The van der Waals surface area contributed by atoms with Gasteiger partial charge in [-0.1, -0.05) is 6.92 Å². The molecule has 2 unspecified atom stereocenters. The van der Waals surface area contributed by atoms with Crippen molar-refractivity contribution in [2.45, 2.75) is 58.7 Å². The second-order valence-corrected chi connectivity index (χ2v) is 6.36. The number of piperazine rings is 1. The summed E-state index contributed by atoms with van der Waals surface area (Å²) in [6.45, 7) is 17.0. The van der Waals surface area contributed by atoms with E-state index in [0.29, 0.717) is 6.04 Å². The van der Waals surface area contributed by atoms with E-state index in [1.165, 1.54) is 52.1 Å². The first-order valence-corrected chi connectivity index (χ1v) is 7.84. The van der Waals surface area contributed by atoms with E-state index in [1.54, 1.807) is 0 Å². The van der Waals surface area contributed by atoms with E-state index in [-0.39, 0.29) is 0 Å². The fourth-order valence-corrected chi connectivity index (χ4v) is 3.72. The predicted molar refractivity (Wildman–Crippen MR) is 78.0 cm³/mol. The van der Waals surface area contributed by atoms with Crippen LogP contribution in [0.1, 0.15) is 40.5 Å². The standard InChI is InChI=1S/C15H31N3/c1-5-16-8-6-7-15(12-16)17-9-10-18(13(2)3)14(4)11-17/h13-15H,5-12H2,1-4H3. The van der Waals surface area contributed by atoms with Crippen LogP contribution in [-0.4, -0.2) is 72.1 Å². The molecule has 2 aliphatic rings. The molecule has 0 saturated carbocycles. The molecule has 0 amide bonds. The topological polar surface area (TPSA) is 9.72 Å². The van der Waals surface area contributed by atoms with Crippen LogP contribution >= 0.6 is 0 Å². The van der Waals surface area contributed by atoms with Crippen LogP contribution in [0.5, 0.6) is 0 Å². The summed E-state index contributed by atoms with van der Waals surface area (Å²) in [5, 5.41) is 0. The second-order valence-electron chi connectivity index (χ2n) is 6.36. The van der Waals surface area contributed by atoms with Crippen molar-refractivity contribution >= 4 is 0 Å². The molecule has 2 heterocycles. The zero-order valence-electron chi connectivity index (χ0n) is 12.7. The van der Waals surface area contributed by atoms with Crippen molar-refractivity contribution in [3.8, 4) is 0 Å². The normalized spacial score (nSPS) is 33.2. The molecule has 2 rings (SSSR count). The monoisotopic (exact) mass is 253 g/mol. The maximum Gasteiger partial charge on any atom is 0.0224 e. The highest BCUT2D eigenvalue weighted by molar-refractivity contribution is 4.87. The third-order valence-corrected chi connectivity index (χ3v) is 4.82. The Morgan fingerprint density at radius 1 is 1.11 bits per heavy atom. The average Bonchev–Trinajstić information content (AvgIpc) is 2.38. The quantitative estimate of drug-likeness (QED) is 0.760. The number of likely N-dealkylation sites (N-methyl/N-ethyl adjacent to an activating group) is 1. The van der Waals surface area contributed by atoms with Crippen molar-refractivity contribution in [2.75, 3.05) is 39.3 Å². The Morgan fingerprint density at radius 3 is 2.50 bits per heavy atom. The maximum absolute atomic E-state index is 2.76. The van der Waals surface area contributed by atoms with Crippen LogP contribution in [0, 0.1) is 0 Å². The lowest BCUT2D eigenvalue weighted by Gasteiger charge is -2.47. The van der Waals surface area contributed by atoms with Gasteiger partial charge in [0.1, 0.15) is 0 Å². The zero-order valence-corrected chi connectivity index (χ0v) is 12.7. The van der Waals surface area contributed by atoms with Crippen molar-refractivity contribution in [3.63, 3.8) is 0 Å². The summed E-state index contributed by atoms with van der Waals surface area (Å²) in [6, 6.07) is 2.23. The van der Waals surface area contributed by atoms with Gasteiger partial charge in [0.2, 0.25) is 0 Å². The SMILES string of the molecule is CCN1CCCC(N2CCN(C(C)C)C(C)C2)C1. The minimum atomic E-state index is 0.695. The lowest BCUT2D eigenvalue weighted by molar-refractivity contribution is 0.0140. The summed E-state index contributed by atoms with van der Waals surface area (Å²) in [5.41, 5.74) is 0. The first-order chi connectivity index (χ1) is 8.61. The van der Waals surface area contributed by atoms with Crippen LogP contribution < -0.4 is 0 Å². The molecule has 106 valence electrons. The lowest BCUT2D eigenvalue weighted by Crippen LogP contribution is -2.59. The van der Waals surface area contributed by atoms with E-state index in [0.717, 1.165) is 12.1 Å². The Hall–Kier alpha value is -0.120. The predicted octanol–water partition coefficient (Wildman–Crippen LogP) is 1.89. The fourth-order valence-electron chi connectivity index (χ4n) is 3.72. The fraction of sp³-hybridized carbons (Fsp3) is 1.00. The van der Waals surface area contributed by atoms with Gasteiger partial charge in [-0.05, 0) is 46.7 Å². The Balaban J connectivity index is 1.87. The van der Waals surface area contributed by atoms with Gasteiger partial charge in [0.15, 0.2) is 0 Å². The minimum Gasteiger partial charge on any atom is -0.302 e. The van der Waals surface area contributed by atoms with Gasteiger partial charge in [0, 0.05) is 44.3 Å². The van der Waals surface area contributed by atoms with Gasteiger partial charge >= 0.3 is 0 Å². The van der Waals surface area contributed by atoms with Crippen molar-refractivity contribution in [1.29, 1.82) is 0 Å². The van der Waals surface area contributed by atoms with Crippen LogP contribution in [0.15, 0.2) is 0 Å². The molecule has 2 atom stereocenters. The highest BCUT2D eigenvalue weighted by Crippen LogP contribution is 2.20. The molecular formula is C15H31N3. The van der Waals surface area contributed by atoms with E-state index in [2.05, 4.69) is 42.4 Å². The zero-order chi connectivity index (χ0) is 13.1. The molecule has 2 aliphatic heterocycles. The van der Waals surface area contributed by atoms with E-state index in [1.807, 2.05) is 0 Å². The summed E-state index contributed by atoms with van der Waals surface area (Å²) >= 11 is 0. The highest BCUT2D eigenvalue weighted by atomic mass is 15.3. The first-order valence-electron chi connectivity index (χ1n) is 7.84. The highest BCUT2D eigenvalue weighted by Gasteiger charge is 2.31. The number of nitrogens with zero attached hydrogens (tertiary/aromatic N) is 3. The largest absolute Gasteiger partial charge is 0.302 e. The van der Waals surface area contributed by atoms with Gasteiger partial charge in [0.05, 0.1) is 0 Å². The number of hydrogen-bond acceptors (Lipinski definition) is 3. The van der Waals surface area contributed by atoms with Crippen LogP contribution in [0.2, 0.25) is 0 Å². The van der Waals surface area contributed by atoms with Gasteiger partial charge in [0.25, 0.3) is 0 Å². The van der Waals surface area contributed by atoms with Gasteiger partial charge < -0.3 is 4.90 Å². The Bertz CT molecular complexity index is 254. The summed E-state index contributed by atoms with van der Waals surface area (Å²) < 4.78 is 0. The lowest BCUT2D eigenvalue weighted by atomic mass is 10.0. The van der Waals surface area contributed by atoms with Crippen molar-refractivity contribution in [3.05, 3.63) is 0 Å². The molecule has 2 fully saturated rings. The van der Waals surface area contributed by atoms with Crippen molar-refractivity contribution in [2.24, 2.45) is 0 Å². The molecule has 18 heavy (non-hydrogen) atoms. The maximum atomic E-state index is 2.76. The number of likely N-dealkylation sites (tertiary alicyclic amines) is 1. The van der Waals surface area contributed by atoms with Crippen LogP contribution in [0.4, 0.5) is 0 Å². The molecule has 0 bridgehead atoms.